The van der Waals surface area contributed by atoms with Gasteiger partial charge in [0, 0.05) is 24.0 Å². The Morgan fingerprint density at radius 1 is 1.29 bits per heavy atom. The van der Waals surface area contributed by atoms with Gasteiger partial charge in [-0.15, -0.1) is 23.7 Å². The molecule has 0 spiro atoms. The molecule has 0 saturated carbocycles. The average Bonchev–Trinajstić information content (AvgIpc) is 3.16. The number of benzene rings is 1. The summed E-state index contributed by atoms with van der Waals surface area (Å²) in [6, 6.07) is 7.90. The van der Waals surface area contributed by atoms with Crippen molar-refractivity contribution >= 4 is 29.7 Å². The summed E-state index contributed by atoms with van der Waals surface area (Å²) in [5.41, 5.74) is 1.57. The summed E-state index contributed by atoms with van der Waals surface area (Å²) in [6.07, 6.45) is 2.28. The quantitative estimate of drug-likeness (QED) is 0.713. The normalized spacial score (nSPS) is 14.8. The van der Waals surface area contributed by atoms with Crippen molar-refractivity contribution in [1.29, 1.82) is 0 Å². The third-order valence-corrected chi connectivity index (χ3v) is 5.67. The molecule has 0 atom stereocenters. The number of halogens is 1. The van der Waals surface area contributed by atoms with Crippen LogP contribution in [0.5, 0.6) is 5.75 Å². The van der Waals surface area contributed by atoms with Crippen molar-refractivity contribution in [2.24, 2.45) is 5.92 Å². The zero-order valence-electron chi connectivity index (χ0n) is 16.8. The van der Waals surface area contributed by atoms with Crippen molar-refractivity contribution < 1.29 is 9.53 Å². The van der Waals surface area contributed by atoms with E-state index in [4.69, 9.17) is 4.74 Å². The number of carbonyl (C=O) groups excluding carboxylic acids is 1. The first-order chi connectivity index (χ1) is 13.1. The summed E-state index contributed by atoms with van der Waals surface area (Å²) in [5, 5.41) is 6.15. The Bertz CT molecular complexity index is 740. The number of hydrogen-bond acceptors (Lipinski definition) is 5. The van der Waals surface area contributed by atoms with Crippen LogP contribution in [0.1, 0.15) is 44.1 Å². The van der Waals surface area contributed by atoms with Crippen molar-refractivity contribution in [3.8, 4) is 16.3 Å². The number of likely N-dealkylation sites (tertiary alicyclic amines) is 1. The zero-order chi connectivity index (χ0) is 19.2. The van der Waals surface area contributed by atoms with Gasteiger partial charge in [0.1, 0.15) is 16.5 Å². The number of aromatic nitrogens is 1. The fourth-order valence-electron chi connectivity index (χ4n) is 3.30. The summed E-state index contributed by atoms with van der Waals surface area (Å²) in [7, 11) is 0. The summed E-state index contributed by atoms with van der Waals surface area (Å²) in [5.74, 6) is 1.58. The van der Waals surface area contributed by atoms with Gasteiger partial charge >= 0.3 is 0 Å². The number of ether oxygens (including phenoxy) is 1. The zero-order valence-corrected chi connectivity index (χ0v) is 18.4. The van der Waals surface area contributed by atoms with Crippen LogP contribution < -0.4 is 10.1 Å². The number of nitrogens with zero attached hydrogens (tertiary/aromatic N) is 2. The molecule has 3 rings (SSSR count). The second-order valence-electron chi connectivity index (χ2n) is 7.27. The first-order valence-electron chi connectivity index (χ1n) is 9.79. The number of nitrogens with one attached hydrogen (secondary N) is 1. The molecule has 0 unspecified atom stereocenters. The Morgan fingerprint density at radius 3 is 2.57 bits per heavy atom. The molecule has 1 amide bonds. The lowest BCUT2D eigenvalue weighted by molar-refractivity contribution is 0.0685. The Labute approximate surface area is 177 Å². The lowest BCUT2D eigenvalue weighted by Crippen LogP contribution is -2.40. The maximum Gasteiger partial charge on any atom is 0.273 e. The van der Waals surface area contributed by atoms with Crippen LogP contribution in [0, 0.1) is 5.92 Å². The Morgan fingerprint density at radius 2 is 1.96 bits per heavy atom. The molecule has 5 nitrogen and oxygen atoms in total. The summed E-state index contributed by atoms with van der Waals surface area (Å²) >= 11 is 1.52. The third kappa shape index (κ3) is 5.93. The van der Waals surface area contributed by atoms with Crippen LogP contribution in [-0.4, -0.2) is 48.1 Å². The van der Waals surface area contributed by atoms with E-state index in [0.717, 1.165) is 55.3 Å². The largest absolute Gasteiger partial charge is 0.491 e. The van der Waals surface area contributed by atoms with Crippen LogP contribution in [0.15, 0.2) is 29.6 Å². The SMILES string of the molecule is CCNCC1CCN(C(=O)c2csc(-c3ccc(OC(C)C)cc3)n2)CC1.Cl. The second-order valence-corrected chi connectivity index (χ2v) is 8.13. The standard InChI is InChI=1S/C21H29N3O2S.ClH/c1-4-22-13-16-9-11-24(12-10-16)21(25)19-14-27-20(23-19)17-5-7-18(8-6-17)26-15(2)3;/h5-8,14-16,22H,4,9-13H2,1-3H3;1H. The van der Waals surface area contributed by atoms with Gasteiger partial charge < -0.3 is 15.0 Å². The highest BCUT2D eigenvalue weighted by Gasteiger charge is 2.25. The van der Waals surface area contributed by atoms with E-state index in [-0.39, 0.29) is 24.4 Å². The van der Waals surface area contributed by atoms with E-state index in [1.165, 1.54) is 11.3 Å². The maximum atomic E-state index is 12.8. The van der Waals surface area contributed by atoms with E-state index in [1.54, 1.807) is 0 Å². The molecule has 0 aliphatic carbocycles. The molecule has 1 saturated heterocycles. The minimum atomic E-state index is 0. The van der Waals surface area contributed by atoms with E-state index >= 15 is 0 Å². The van der Waals surface area contributed by atoms with Crippen LogP contribution in [0.4, 0.5) is 0 Å². The van der Waals surface area contributed by atoms with E-state index in [1.807, 2.05) is 48.4 Å². The van der Waals surface area contributed by atoms with E-state index < -0.39 is 0 Å². The van der Waals surface area contributed by atoms with Gasteiger partial charge in [0.15, 0.2) is 0 Å². The third-order valence-electron chi connectivity index (χ3n) is 4.78. The van der Waals surface area contributed by atoms with Gasteiger partial charge in [-0.05, 0) is 70.0 Å². The molecule has 2 heterocycles. The van der Waals surface area contributed by atoms with Crippen LogP contribution in [0.2, 0.25) is 0 Å². The van der Waals surface area contributed by atoms with Gasteiger partial charge in [-0.25, -0.2) is 4.98 Å². The number of rotatable bonds is 7. The summed E-state index contributed by atoms with van der Waals surface area (Å²) < 4.78 is 5.68. The topological polar surface area (TPSA) is 54.5 Å². The first-order valence-corrected chi connectivity index (χ1v) is 10.7. The molecule has 1 aliphatic rings. The lowest BCUT2D eigenvalue weighted by Gasteiger charge is -2.31. The molecule has 0 bridgehead atoms. The van der Waals surface area contributed by atoms with Gasteiger partial charge in [0.05, 0.1) is 6.10 Å². The fourth-order valence-corrected chi connectivity index (χ4v) is 4.10. The van der Waals surface area contributed by atoms with Gasteiger partial charge in [-0.3, -0.25) is 4.79 Å². The molecule has 2 aromatic rings. The minimum absolute atomic E-state index is 0. The van der Waals surface area contributed by atoms with Crippen molar-refractivity contribution in [3.63, 3.8) is 0 Å². The van der Waals surface area contributed by atoms with Crippen molar-refractivity contribution in [2.45, 2.75) is 39.7 Å². The molecule has 1 aromatic carbocycles. The van der Waals surface area contributed by atoms with E-state index in [0.29, 0.717) is 11.6 Å². The molecule has 0 radical (unpaired) electrons. The van der Waals surface area contributed by atoms with Gasteiger partial charge in [0.25, 0.3) is 5.91 Å². The maximum absolute atomic E-state index is 12.8. The number of carbonyl (C=O) groups is 1. The highest BCUT2D eigenvalue weighted by Crippen LogP contribution is 2.27. The Kier molecular flexibility index (Phi) is 8.73. The predicted molar refractivity (Wildman–Crippen MR) is 118 cm³/mol. The van der Waals surface area contributed by atoms with E-state index in [9.17, 15) is 4.79 Å². The number of hydrogen-bond donors (Lipinski definition) is 1. The molecule has 1 aliphatic heterocycles. The predicted octanol–water partition coefficient (Wildman–Crippen LogP) is 4.48. The Balaban J connectivity index is 0.00000280. The summed E-state index contributed by atoms with van der Waals surface area (Å²) in [6.45, 7) is 9.85. The molecule has 154 valence electrons. The van der Waals surface area contributed by atoms with Crippen LogP contribution in [0.3, 0.4) is 0 Å². The molecule has 7 heteroatoms. The summed E-state index contributed by atoms with van der Waals surface area (Å²) in [4.78, 5) is 19.3. The molecule has 1 fully saturated rings. The molecular weight excluding hydrogens is 394 g/mol. The van der Waals surface area contributed by atoms with Crippen molar-refractivity contribution in [3.05, 3.63) is 35.3 Å². The smallest absolute Gasteiger partial charge is 0.273 e. The fraction of sp³-hybridized carbons (Fsp3) is 0.524. The molecule has 28 heavy (non-hydrogen) atoms. The van der Waals surface area contributed by atoms with Crippen LogP contribution in [0.25, 0.3) is 10.6 Å². The average molecular weight is 424 g/mol. The van der Waals surface area contributed by atoms with E-state index in [2.05, 4.69) is 17.2 Å². The molecule has 1 N–H and O–H groups in total. The number of amides is 1. The van der Waals surface area contributed by atoms with Crippen LogP contribution >= 0.6 is 23.7 Å². The second kappa shape index (κ2) is 10.8. The highest BCUT2D eigenvalue weighted by atomic mass is 35.5. The lowest BCUT2D eigenvalue weighted by atomic mass is 9.96. The van der Waals surface area contributed by atoms with Crippen LogP contribution in [-0.2, 0) is 0 Å². The highest BCUT2D eigenvalue weighted by molar-refractivity contribution is 7.13. The molecular formula is C21H30ClN3O2S. The van der Waals surface area contributed by atoms with Gasteiger partial charge in [-0.1, -0.05) is 6.92 Å². The van der Waals surface area contributed by atoms with Crippen molar-refractivity contribution in [1.82, 2.24) is 15.2 Å². The molecule has 1 aromatic heterocycles. The first kappa shape index (κ1) is 22.7. The number of thiazole rings is 1. The van der Waals surface area contributed by atoms with Gasteiger partial charge in [0.2, 0.25) is 0 Å². The van der Waals surface area contributed by atoms with Gasteiger partial charge in [-0.2, -0.15) is 0 Å². The minimum Gasteiger partial charge on any atom is -0.491 e. The van der Waals surface area contributed by atoms with Crippen molar-refractivity contribution in [2.75, 3.05) is 26.2 Å². The Hall–Kier alpha value is -1.63. The number of piperidine rings is 1. The monoisotopic (exact) mass is 423 g/mol.